The molecule has 19 heavy (non-hydrogen) atoms. The summed E-state index contributed by atoms with van der Waals surface area (Å²) < 4.78 is 12.9. The van der Waals surface area contributed by atoms with Crippen LogP contribution in [0.5, 0.6) is 0 Å². The van der Waals surface area contributed by atoms with Gasteiger partial charge in [0.1, 0.15) is 5.82 Å². The van der Waals surface area contributed by atoms with Crippen LogP contribution in [-0.2, 0) is 6.42 Å². The van der Waals surface area contributed by atoms with Gasteiger partial charge in [0.05, 0.1) is 10.6 Å². The molecule has 0 spiro atoms. The number of carbonyl (C=O) groups is 1. The average Bonchev–Trinajstić information content (AvgIpc) is 2.75. The molecule has 6 heteroatoms. The molecule has 0 atom stereocenters. The first-order valence-electron chi connectivity index (χ1n) is 5.80. The van der Waals surface area contributed by atoms with Gasteiger partial charge in [-0.25, -0.2) is 9.37 Å². The van der Waals surface area contributed by atoms with E-state index < -0.39 is 5.82 Å². The Labute approximate surface area is 114 Å². The Balaban J connectivity index is 1.90. The number of aromatic nitrogens is 1. The number of thiazole rings is 1. The highest BCUT2D eigenvalue weighted by molar-refractivity contribution is 7.09. The Morgan fingerprint density at radius 2 is 2.32 bits per heavy atom. The Hall–Kier alpha value is -1.95. The standard InChI is InChI=1S/C13H14FN3OS/c1-8-7-19-12(17-8)4-5-16-13(18)10-3-2-9(14)6-11(10)15/h2-3,6-7H,4-5,15H2,1H3,(H,16,18). The van der Waals surface area contributed by atoms with Gasteiger partial charge in [0.25, 0.3) is 5.91 Å². The molecule has 1 amide bonds. The molecule has 1 aromatic heterocycles. The van der Waals surface area contributed by atoms with E-state index in [1.807, 2.05) is 12.3 Å². The molecule has 0 aliphatic heterocycles. The second kappa shape index (κ2) is 5.79. The molecule has 2 rings (SSSR count). The first-order chi connectivity index (χ1) is 9.06. The number of aryl methyl sites for hydroxylation is 1. The predicted molar refractivity (Wildman–Crippen MR) is 73.7 cm³/mol. The summed E-state index contributed by atoms with van der Waals surface area (Å²) >= 11 is 1.57. The molecule has 2 aromatic rings. The third-order valence-electron chi connectivity index (χ3n) is 2.55. The summed E-state index contributed by atoms with van der Waals surface area (Å²) in [6.45, 7) is 2.40. The summed E-state index contributed by atoms with van der Waals surface area (Å²) in [6.07, 6.45) is 0.672. The number of benzene rings is 1. The molecular weight excluding hydrogens is 265 g/mol. The van der Waals surface area contributed by atoms with Crippen molar-refractivity contribution in [3.63, 3.8) is 0 Å². The van der Waals surface area contributed by atoms with Crippen LogP contribution >= 0.6 is 11.3 Å². The van der Waals surface area contributed by atoms with Crippen molar-refractivity contribution in [3.8, 4) is 0 Å². The van der Waals surface area contributed by atoms with Crippen molar-refractivity contribution in [1.82, 2.24) is 10.3 Å². The van der Waals surface area contributed by atoms with Gasteiger partial charge in [-0.2, -0.15) is 0 Å². The van der Waals surface area contributed by atoms with Crippen molar-refractivity contribution >= 4 is 22.9 Å². The van der Waals surface area contributed by atoms with Gasteiger partial charge >= 0.3 is 0 Å². The maximum Gasteiger partial charge on any atom is 0.253 e. The zero-order chi connectivity index (χ0) is 13.8. The summed E-state index contributed by atoms with van der Waals surface area (Å²) in [6, 6.07) is 3.74. The normalized spacial score (nSPS) is 10.4. The largest absolute Gasteiger partial charge is 0.398 e. The highest BCUT2D eigenvalue weighted by Gasteiger charge is 2.10. The zero-order valence-corrected chi connectivity index (χ0v) is 11.3. The van der Waals surface area contributed by atoms with Gasteiger partial charge in [-0.3, -0.25) is 4.79 Å². The number of amides is 1. The minimum atomic E-state index is -0.452. The lowest BCUT2D eigenvalue weighted by atomic mass is 10.1. The van der Waals surface area contributed by atoms with Gasteiger partial charge in [-0.15, -0.1) is 11.3 Å². The molecule has 3 N–H and O–H groups in total. The van der Waals surface area contributed by atoms with Gasteiger partial charge < -0.3 is 11.1 Å². The quantitative estimate of drug-likeness (QED) is 0.843. The molecule has 0 radical (unpaired) electrons. The van der Waals surface area contributed by atoms with E-state index in [2.05, 4.69) is 10.3 Å². The molecule has 1 heterocycles. The fourth-order valence-electron chi connectivity index (χ4n) is 1.64. The summed E-state index contributed by atoms with van der Waals surface area (Å²) in [5, 5.41) is 5.69. The first kappa shape index (κ1) is 13.5. The van der Waals surface area contributed by atoms with Crippen LogP contribution in [0.1, 0.15) is 21.1 Å². The number of halogens is 1. The molecule has 0 fully saturated rings. The number of anilines is 1. The number of hydrogen-bond acceptors (Lipinski definition) is 4. The lowest BCUT2D eigenvalue weighted by molar-refractivity contribution is 0.0955. The lowest BCUT2D eigenvalue weighted by Crippen LogP contribution is -2.26. The van der Waals surface area contributed by atoms with Crippen molar-refractivity contribution in [3.05, 3.63) is 45.7 Å². The Kier molecular flexibility index (Phi) is 4.11. The average molecular weight is 279 g/mol. The number of nitrogens with zero attached hydrogens (tertiary/aromatic N) is 1. The summed E-state index contributed by atoms with van der Waals surface area (Å²) in [4.78, 5) is 16.1. The molecule has 100 valence electrons. The molecule has 0 aliphatic rings. The van der Waals surface area contributed by atoms with Gasteiger partial charge in [-0.1, -0.05) is 0 Å². The van der Waals surface area contributed by atoms with Crippen molar-refractivity contribution < 1.29 is 9.18 Å². The number of rotatable bonds is 4. The smallest absolute Gasteiger partial charge is 0.253 e. The lowest BCUT2D eigenvalue weighted by Gasteiger charge is -2.06. The number of nitrogens with two attached hydrogens (primary N) is 1. The molecule has 0 saturated heterocycles. The summed E-state index contributed by atoms with van der Waals surface area (Å²) in [7, 11) is 0. The van der Waals surface area contributed by atoms with Gasteiger partial charge in [0.15, 0.2) is 0 Å². The van der Waals surface area contributed by atoms with Crippen molar-refractivity contribution in [2.45, 2.75) is 13.3 Å². The maximum absolute atomic E-state index is 12.9. The molecule has 0 unspecified atom stereocenters. The minimum absolute atomic E-state index is 0.141. The fourth-order valence-corrected chi connectivity index (χ4v) is 2.41. The molecule has 0 bridgehead atoms. The molecular formula is C13H14FN3OS. The summed E-state index contributed by atoms with van der Waals surface area (Å²) in [5.74, 6) is -0.752. The Morgan fingerprint density at radius 1 is 1.53 bits per heavy atom. The number of hydrogen-bond donors (Lipinski definition) is 2. The number of nitrogen functional groups attached to an aromatic ring is 1. The van der Waals surface area contributed by atoms with Crippen molar-refractivity contribution in [1.29, 1.82) is 0 Å². The van der Waals surface area contributed by atoms with Crippen LogP contribution < -0.4 is 11.1 Å². The second-order valence-corrected chi connectivity index (χ2v) is 5.06. The second-order valence-electron chi connectivity index (χ2n) is 4.12. The van der Waals surface area contributed by atoms with Gasteiger partial charge in [-0.05, 0) is 25.1 Å². The van der Waals surface area contributed by atoms with Gasteiger partial charge in [0, 0.05) is 29.7 Å². The highest BCUT2D eigenvalue weighted by Crippen LogP contribution is 2.13. The Bertz CT molecular complexity index is 597. The van der Waals surface area contributed by atoms with Crippen LogP contribution in [0.2, 0.25) is 0 Å². The van der Waals surface area contributed by atoms with Crippen molar-refractivity contribution in [2.24, 2.45) is 0 Å². The van der Waals surface area contributed by atoms with E-state index in [0.717, 1.165) is 16.8 Å². The van der Waals surface area contributed by atoms with E-state index in [9.17, 15) is 9.18 Å². The molecule has 1 aromatic carbocycles. The van der Waals surface area contributed by atoms with Crippen LogP contribution in [0.15, 0.2) is 23.6 Å². The topological polar surface area (TPSA) is 68.0 Å². The molecule has 4 nitrogen and oxygen atoms in total. The van der Waals surface area contributed by atoms with Crippen LogP contribution in [0.3, 0.4) is 0 Å². The van der Waals surface area contributed by atoms with Crippen LogP contribution in [0.4, 0.5) is 10.1 Å². The third kappa shape index (κ3) is 3.51. The van der Waals surface area contributed by atoms with Crippen LogP contribution in [0.25, 0.3) is 0 Å². The van der Waals surface area contributed by atoms with E-state index >= 15 is 0 Å². The third-order valence-corrected chi connectivity index (χ3v) is 3.58. The van der Waals surface area contributed by atoms with E-state index in [4.69, 9.17) is 5.73 Å². The first-order valence-corrected chi connectivity index (χ1v) is 6.68. The predicted octanol–water partition coefficient (Wildman–Crippen LogP) is 2.15. The highest BCUT2D eigenvalue weighted by atomic mass is 32.1. The molecule has 0 saturated carbocycles. The van der Waals surface area contributed by atoms with E-state index in [-0.39, 0.29) is 17.2 Å². The summed E-state index contributed by atoms with van der Waals surface area (Å²) in [5.41, 5.74) is 7.01. The number of nitrogens with one attached hydrogen (secondary N) is 1. The van der Waals surface area contributed by atoms with Crippen LogP contribution in [-0.4, -0.2) is 17.4 Å². The monoisotopic (exact) mass is 279 g/mol. The van der Waals surface area contributed by atoms with E-state index in [1.165, 1.54) is 12.1 Å². The minimum Gasteiger partial charge on any atom is -0.398 e. The van der Waals surface area contributed by atoms with Gasteiger partial charge in [0.2, 0.25) is 0 Å². The maximum atomic E-state index is 12.9. The van der Waals surface area contributed by atoms with E-state index in [0.29, 0.717) is 13.0 Å². The zero-order valence-electron chi connectivity index (χ0n) is 10.4. The Morgan fingerprint density at radius 3 is 2.95 bits per heavy atom. The van der Waals surface area contributed by atoms with E-state index in [1.54, 1.807) is 11.3 Å². The fraction of sp³-hybridized carbons (Fsp3) is 0.231. The molecule has 0 aliphatic carbocycles. The van der Waals surface area contributed by atoms with Crippen molar-refractivity contribution in [2.75, 3.05) is 12.3 Å². The van der Waals surface area contributed by atoms with Crippen LogP contribution in [0, 0.1) is 12.7 Å². The number of carbonyl (C=O) groups excluding carboxylic acids is 1. The SMILES string of the molecule is Cc1csc(CCNC(=O)c2ccc(F)cc2N)n1.